The van der Waals surface area contributed by atoms with Gasteiger partial charge in [0.1, 0.15) is 0 Å². The normalized spacial score (nSPS) is 24.3. The molecule has 5 heteroatoms. The predicted molar refractivity (Wildman–Crippen MR) is 65.1 cm³/mol. The minimum Gasteiger partial charge on any atom is -0.481 e. The Labute approximate surface area is 105 Å². The van der Waals surface area contributed by atoms with E-state index in [4.69, 9.17) is 5.11 Å². The number of carboxylic acid groups (broad SMARTS) is 1. The highest BCUT2D eigenvalue weighted by atomic mass is 16.4. The smallest absolute Gasteiger partial charge is 0.307 e. The number of nitrogens with zero attached hydrogens (tertiary/aromatic N) is 1. The molecule has 2 rings (SSSR count). The third-order valence-corrected chi connectivity index (χ3v) is 3.12. The molecule has 0 amide bonds. The lowest BCUT2D eigenvalue weighted by molar-refractivity contribution is -0.136. The molecular formula is C13H17NO4. The van der Waals surface area contributed by atoms with E-state index in [1.165, 1.54) is 0 Å². The van der Waals surface area contributed by atoms with Crippen molar-refractivity contribution in [3.05, 3.63) is 35.4 Å². The zero-order valence-corrected chi connectivity index (χ0v) is 9.99. The number of hydrogen-bond donors (Lipinski definition) is 3. The van der Waals surface area contributed by atoms with Crippen LogP contribution < -0.4 is 0 Å². The van der Waals surface area contributed by atoms with E-state index < -0.39 is 18.2 Å². The van der Waals surface area contributed by atoms with Gasteiger partial charge < -0.3 is 15.3 Å². The third kappa shape index (κ3) is 3.29. The molecule has 0 aromatic heterocycles. The van der Waals surface area contributed by atoms with Gasteiger partial charge in [-0.05, 0) is 11.1 Å². The van der Waals surface area contributed by atoms with E-state index in [-0.39, 0.29) is 6.42 Å². The molecule has 1 aromatic carbocycles. The van der Waals surface area contributed by atoms with Gasteiger partial charge in [0, 0.05) is 19.6 Å². The van der Waals surface area contributed by atoms with Crippen LogP contribution in [0.5, 0.6) is 0 Å². The first-order chi connectivity index (χ1) is 8.54. The summed E-state index contributed by atoms with van der Waals surface area (Å²) in [6, 6.07) is 7.36. The second kappa shape index (κ2) is 5.48. The molecule has 0 saturated carbocycles. The van der Waals surface area contributed by atoms with Crippen molar-refractivity contribution in [3.63, 3.8) is 0 Å². The third-order valence-electron chi connectivity index (χ3n) is 3.12. The van der Waals surface area contributed by atoms with Crippen LogP contribution in [0.4, 0.5) is 0 Å². The summed E-state index contributed by atoms with van der Waals surface area (Å²) in [6.45, 7) is 1.59. The van der Waals surface area contributed by atoms with Crippen LogP contribution in [0.1, 0.15) is 11.1 Å². The number of β-amino-alcohol motifs (C(OH)–C–C–N with tert-alkyl or cyclic N) is 2. The van der Waals surface area contributed by atoms with E-state index in [1.54, 1.807) is 12.1 Å². The molecule has 2 atom stereocenters. The van der Waals surface area contributed by atoms with E-state index in [2.05, 4.69) is 0 Å². The molecule has 1 aliphatic rings. The Balaban J connectivity index is 1.92. The Kier molecular flexibility index (Phi) is 3.96. The number of aliphatic carboxylic acids is 1. The maximum Gasteiger partial charge on any atom is 0.307 e. The van der Waals surface area contributed by atoms with Crippen molar-refractivity contribution in [3.8, 4) is 0 Å². The molecule has 1 aromatic rings. The molecule has 0 radical (unpaired) electrons. The Morgan fingerprint density at radius 2 is 1.61 bits per heavy atom. The lowest BCUT2D eigenvalue weighted by atomic mass is 10.1. The van der Waals surface area contributed by atoms with E-state index in [1.807, 2.05) is 17.0 Å². The minimum atomic E-state index is -0.839. The molecule has 0 spiro atoms. The Morgan fingerprint density at radius 1 is 1.11 bits per heavy atom. The van der Waals surface area contributed by atoms with Gasteiger partial charge in [-0.25, -0.2) is 0 Å². The molecule has 1 fully saturated rings. The molecule has 1 saturated heterocycles. The van der Waals surface area contributed by atoms with Gasteiger partial charge in [0.05, 0.1) is 18.6 Å². The molecular weight excluding hydrogens is 234 g/mol. The molecule has 98 valence electrons. The van der Waals surface area contributed by atoms with E-state index in [0.29, 0.717) is 19.6 Å². The molecule has 0 bridgehead atoms. The highest BCUT2D eigenvalue weighted by molar-refractivity contribution is 5.70. The van der Waals surface area contributed by atoms with Crippen molar-refractivity contribution < 1.29 is 20.1 Å². The van der Waals surface area contributed by atoms with Crippen LogP contribution in [0, 0.1) is 0 Å². The van der Waals surface area contributed by atoms with Crippen LogP contribution in [-0.2, 0) is 17.8 Å². The second-order valence-corrected chi connectivity index (χ2v) is 4.72. The summed E-state index contributed by atoms with van der Waals surface area (Å²) in [4.78, 5) is 12.5. The number of likely N-dealkylation sites (tertiary alicyclic amines) is 1. The average molecular weight is 251 g/mol. The summed E-state index contributed by atoms with van der Waals surface area (Å²) >= 11 is 0. The van der Waals surface area contributed by atoms with Crippen LogP contribution in [-0.4, -0.2) is 51.5 Å². The first kappa shape index (κ1) is 13.0. The lowest BCUT2D eigenvalue weighted by Gasteiger charge is -2.14. The van der Waals surface area contributed by atoms with Crippen LogP contribution in [0.3, 0.4) is 0 Å². The summed E-state index contributed by atoms with van der Waals surface area (Å²) < 4.78 is 0. The summed E-state index contributed by atoms with van der Waals surface area (Å²) in [6.07, 6.45) is -1.31. The number of aliphatic hydroxyl groups is 2. The number of hydrogen-bond acceptors (Lipinski definition) is 4. The van der Waals surface area contributed by atoms with E-state index >= 15 is 0 Å². The topological polar surface area (TPSA) is 81.0 Å². The van der Waals surface area contributed by atoms with Crippen molar-refractivity contribution in [1.29, 1.82) is 0 Å². The average Bonchev–Trinajstić information content (AvgIpc) is 2.60. The number of rotatable bonds is 4. The standard InChI is InChI=1S/C13H17NO4/c15-11-7-14(8-12(11)16)6-10-3-1-9(2-4-10)5-13(17)18/h1-4,11-12,15-16H,5-8H2,(H,17,18). The maximum absolute atomic E-state index is 10.5. The van der Waals surface area contributed by atoms with Crippen LogP contribution in [0.25, 0.3) is 0 Å². The van der Waals surface area contributed by atoms with Crippen molar-refractivity contribution in [2.75, 3.05) is 13.1 Å². The first-order valence-corrected chi connectivity index (χ1v) is 5.92. The summed E-state index contributed by atoms with van der Waals surface area (Å²) in [5.74, 6) is -0.839. The summed E-state index contributed by atoms with van der Waals surface area (Å²) in [7, 11) is 0. The van der Waals surface area contributed by atoms with Gasteiger partial charge in [-0.1, -0.05) is 24.3 Å². The number of benzene rings is 1. The highest BCUT2D eigenvalue weighted by Gasteiger charge is 2.29. The lowest BCUT2D eigenvalue weighted by Crippen LogP contribution is -2.22. The van der Waals surface area contributed by atoms with Gasteiger partial charge in [-0.3, -0.25) is 9.69 Å². The van der Waals surface area contributed by atoms with E-state index in [9.17, 15) is 15.0 Å². The Bertz CT molecular complexity index is 408. The molecule has 2 unspecified atom stereocenters. The van der Waals surface area contributed by atoms with Crippen molar-refractivity contribution in [2.45, 2.75) is 25.2 Å². The molecule has 3 N–H and O–H groups in total. The monoisotopic (exact) mass is 251 g/mol. The SMILES string of the molecule is O=C(O)Cc1ccc(CN2CC(O)C(O)C2)cc1. The van der Waals surface area contributed by atoms with Crippen LogP contribution in [0.2, 0.25) is 0 Å². The summed E-state index contributed by atoms with van der Waals surface area (Å²) in [5.41, 5.74) is 1.82. The van der Waals surface area contributed by atoms with E-state index in [0.717, 1.165) is 11.1 Å². The van der Waals surface area contributed by atoms with Gasteiger partial charge in [0.25, 0.3) is 0 Å². The number of carbonyl (C=O) groups is 1. The van der Waals surface area contributed by atoms with Gasteiger partial charge in [0.2, 0.25) is 0 Å². The molecule has 1 heterocycles. The first-order valence-electron chi connectivity index (χ1n) is 5.92. The van der Waals surface area contributed by atoms with Gasteiger partial charge >= 0.3 is 5.97 Å². The van der Waals surface area contributed by atoms with Crippen molar-refractivity contribution in [1.82, 2.24) is 4.90 Å². The highest BCUT2D eigenvalue weighted by Crippen LogP contribution is 2.14. The second-order valence-electron chi connectivity index (χ2n) is 4.72. The quantitative estimate of drug-likeness (QED) is 0.693. The molecule has 5 nitrogen and oxygen atoms in total. The predicted octanol–water partition coefficient (Wildman–Crippen LogP) is -0.149. The minimum absolute atomic E-state index is 0.0292. The fraction of sp³-hybridized carbons (Fsp3) is 0.462. The number of carboxylic acids is 1. The Morgan fingerprint density at radius 3 is 2.11 bits per heavy atom. The fourth-order valence-corrected chi connectivity index (χ4v) is 2.17. The Hall–Kier alpha value is -1.43. The number of aliphatic hydroxyl groups excluding tert-OH is 2. The summed E-state index contributed by atoms with van der Waals surface area (Å²) in [5, 5.41) is 27.5. The molecule has 1 aliphatic heterocycles. The van der Waals surface area contributed by atoms with Gasteiger partial charge in [0.15, 0.2) is 0 Å². The largest absolute Gasteiger partial charge is 0.481 e. The van der Waals surface area contributed by atoms with Crippen LogP contribution in [0.15, 0.2) is 24.3 Å². The van der Waals surface area contributed by atoms with Gasteiger partial charge in [-0.2, -0.15) is 0 Å². The van der Waals surface area contributed by atoms with Crippen molar-refractivity contribution in [2.24, 2.45) is 0 Å². The molecule has 18 heavy (non-hydrogen) atoms. The zero-order chi connectivity index (χ0) is 13.1. The molecule has 0 aliphatic carbocycles. The fourth-order valence-electron chi connectivity index (χ4n) is 2.17. The maximum atomic E-state index is 10.5. The zero-order valence-electron chi connectivity index (χ0n) is 9.99. The van der Waals surface area contributed by atoms with Gasteiger partial charge in [-0.15, -0.1) is 0 Å². The van der Waals surface area contributed by atoms with Crippen molar-refractivity contribution >= 4 is 5.97 Å². The van der Waals surface area contributed by atoms with Crippen LogP contribution >= 0.6 is 0 Å².